The molecule has 2 aromatic rings. The van der Waals surface area contributed by atoms with Gasteiger partial charge in [0.25, 0.3) is 0 Å². The summed E-state index contributed by atoms with van der Waals surface area (Å²) >= 11 is 1.17. The number of aromatic nitrogens is 2. The number of para-hydroxylation sites is 1. The van der Waals surface area contributed by atoms with E-state index in [0.717, 1.165) is 0 Å². The van der Waals surface area contributed by atoms with Crippen molar-refractivity contribution >= 4 is 23.4 Å². The Kier molecular flexibility index (Phi) is 5.86. The molecule has 0 aliphatic rings. The summed E-state index contributed by atoms with van der Waals surface area (Å²) in [5.41, 5.74) is 0.178. The van der Waals surface area contributed by atoms with Crippen LogP contribution in [-0.2, 0) is 4.79 Å². The molecule has 0 unspecified atom stereocenters. The fourth-order valence-electron chi connectivity index (χ4n) is 1.78. The van der Waals surface area contributed by atoms with Crippen LogP contribution in [0.15, 0.2) is 47.9 Å². The lowest BCUT2D eigenvalue weighted by atomic mass is 10.2. The van der Waals surface area contributed by atoms with Crippen molar-refractivity contribution in [3.05, 3.63) is 48.5 Å². The molecule has 112 valence electrons. The summed E-state index contributed by atoms with van der Waals surface area (Å²) in [4.78, 5) is 21.7. The van der Waals surface area contributed by atoms with Crippen LogP contribution in [0.2, 0.25) is 0 Å². The third-order valence-corrected chi connectivity index (χ3v) is 3.62. The van der Waals surface area contributed by atoms with Gasteiger partial charge in [0.1, 0.15) is 5.82 Å². The number of anilines is 1. The van der Waals surface area contributed by atoms with Gasteiger partial charge in [-0.15, -0.1) is 0 Å². The molecule has 0 saturated heterocycles. The fraction of sp³-hybridized carbons (Fsp3) is 0.200. The van der Waals surface area contributed by atoms with Crippen LogP contribution in [0.25, 0.3) is 0 Å². The van der Waals surface area contributed by atoms with Gasteiger partial charge in [-0.25, -0.2) is 14.4 Å². The van der Waals surface area contributed by atoms with Crippen LogP contribution >= 0.6 is 11.8 Å². The predicted molar refractivity (Wildman–Crippen MR) is 81.7 cm³/mol. The zero-order valence-electron chi connectivity index (χ0n) is 11.6. The monoisotopic (exact) mass is 316 g/mol. The van der Waals surface area contributed by atoms with Crippen molar-refractivity contribution in [3.8, 4) is 6.07 Å². The summed E-state index contributed by atoms with van der Waals surface area (Å²) < 4.78 is 13.9. The highest BCUT2D eigenvalue weighted by Crippen LogP contribution is 2.21. The fourth-order valence-corrected chi connectivity index (χ4v) is 2.46. The quantitative estimate of drug-likeness (QED) is 0.605. The third kappa shape index (κ3) is 4.27. The molecule has 1 amide bonds. The minimum Gasteiger partial charge on any atom is -0.308 e. The van der Waals surface area contributed by atoms with Crippen molar-refractivity contribution in [2.45, 2.75) is 11.6 Å². The number of hydrogen-bond donors (Lipinski definition) is 0. The number of hydrogen-bond acceptors (Lipinski definition) is 5. The lowest BCUT2D eigenvalue weighted by Gasteiger charge is -2.22. The highest BCUT2D eigenvalue weighted by molar-refractivity contribution is 7.99. The summed E-state index contributed by atoms with van der Waals surface area (Å²) in [5.74, 6) is -0.711. The van der Waals surface area contributed by atoms with Crippen molar-refractivity contribution in [2.24, 2.45) is 0 Å². The largest absolute Gasteiger partial charge is 0.308 e. The smallest absolute Gasteiger partial charge is 0.237 e. The molecule has 1 heterocycles. The Hall–Kier alpha value is -2.46. The predicted octanol–water partition coefficient (Wildman–Crippen LogP) is 2.65. The van der Waals surface area contributed by atoms with E-state index in [2.05, 4.69) is 9.97 Å². The van der Waals surface area contributed by atoms with Gasteiger partial charge in [0.2, 0.25) is 5.91 Å². The molecule has 7 heteroatoms. The molecule has 0 bridgehead atoms. The number of benzene rings is 1. The number of rotatable bonds is 6. The van der Waals surface area contributed by atoms with Crippen LogP contribution in [0.3, 0.4) is 0 Å². The maximum atomic E-state index is 13.9. The van der Waals surface area contributed by atoms with Crippen molar-refractivity contribution in [1.29, 1.82) is 5.26 Å². The van der Waals surface area contributed by atoms with Crippen LogP contribution < -0.4 is 4.90 Å². The highest BCUT2D eigenvalue weighted by Gasteiger charge is 2.19. The van der Waals surface area contributed by atoms with E-state index in [-0.39, 0.29) is 30.3 Å². The number of carbonyl (C=O) groups excluding carboxylic acids is 1. The number of halogens is 1. The molecule has 0 N–H and O–H groups in total. The first-order valence-electron chi connectivity index (χ1n) is 6.54. The Morgan fingerprint density at radius 1 is 1.27 bits per heavy atom. The Morgan fingerprint density at radius 3 is 2.68 bits per heavy atom. The van der Waals surface area contributed by atoms with Crippen molar-refractivity contribution in [3.63, 3.8) is 0 Å². The molecule has 1 aromatic carbocycles. The summed E-state index contributed by atoms with van der Waals surface area (Å²) in [7, 11) is 0. The van der Waals surface area contributed by atoms with E-state index in [1.807, 2.05) is 6.07 Å². The van der Waals surface area contributed by atoms with Crippen LogP contribution in [0, 0.1) is 17.1 Å². The second kappa shape index (κ2) is 8.10. The van der Waals surface area contributed by atoms with Crippen molar-refractivity contribution < 1.29 is 9.18 Å². The minimum atomic E-state index is -0.491. The van der Waals surface area contributed by atoms with Crippen molar-refractivity contribution in [2.75, 3.05) is 17.2 Å². The zero-order chi connectivity index (χ0) is 15.8. The van der Waals surface area contributed by atoms with Crippen LogP contribution in [-0.4, -0.2) is 28.2 Å². The summed E-state index contributed by atoms with van der Waals surface area (Å²) in [6.45, 7) is 0.145. The van der Waals surface area contributed by atoms with Gasteiger partial charge in [-0.05, 0) is 18.2 Å². The van der Waals surface area contributed by atoms with Gasteiger partial charge >= 0.3 is 0 Å². The van der Waals surface area contributed by atoms with Gasteiger partial charge in [0.05, 0.1) is 23.9 Å². The Balaban J connectivity index is 2.10. The Morgan fingerprint density at radius 2 is 2.00 bits per heavy atom. The van der Waals surface area contributed by atoms with E-state index in [0.29, 0.717) is 5.16 Å². The molecular formula is C15H13FN4OS. The third-order valence-electron chi connectivity index (χ3n) is 2.76. The first-order chi connectivity index (χ1) is 10.7. The van der Waals surface area contributed by atoms with E-state index in [4.69, 9.17) is 5.26 Å². The Labute approximate surface area is 131 Å². The number of nitriles is 1. The van der Waals surface area contributed by atoms with E-state index in [1.54, 1.807) is 30.6 Å². The molecule has 2 rings (SSSR count). The van der Waals surface area contributed by atoms with Crippen LogP contribution in [0.4, 0.5) is 10.1 Å². The second-order valence-electron chi connectivity index (χ2n) is 4.22. The molecule has 5 nitrogen and oxygen atoms in total. The first kappa shape index (κ1) is 15.9. The normalized spacial score (nSPS) is 10.0. The zero-order valence-corrected chi connectivity index (χ0v) is 12.5. The average Bonchev–Trinajstić information content (AvgIpc) is 2.55. The lowest BCUT2D eigenvalue weighted by Crippen LogP contribution is -2.34. The molecule has 0 aliphatic heterocycles. The molecule has 0 fully saturated rings. The maximum Gasteiger partial charge on any atom is 0.237 e. The first-order valence-corrected chi connectivity index (χ1v) is 7.52. The molecule has 0 aliphatic carbocycles. The van der Waals surface area contributed by atoms with E-state index in [1.165, 1.54) is 28.8 Å². The molecule has 1 aromatic heterocycles. The number of carbonyl (C=O) groups is 1. The summed E-state index contributed by atoms with van der Waals surface area (Å²) in [6.07, 6.45) is 3.31. The molecule has 22 heavy (non-hydrogen) atoms. The van der Waals surface area contributed by atoms with E-state index in [9.17, 15) is 9.18 Å². The lowest BCUT2D eigenvalue weighted by molar-refractivity contribution is -0.116. The van der Waals surface area contributed by atoms with Crippen LogP contribution in [0.5, 0.6) is 0 Å². The van der Waals surface area contributed by atoms with Gasteiger partial charge in [0, 0.05) is 18.9 Å². The van der Waals surface area contributed by atoms with Gasteiger partial charge < -0.3 is 4.90 Å². The van der Waals surface area contributed by atoms with E-state index >= 15 is 0 Å². The standard InChI is InChI=1S/C15H13FN4OS/c16-12-5-1-2-6-13(12)20(10-3-7-17)14(21)11-22-15-18-8-4-9-19-15/h1-2,4-6,8-9H,3,10-11H2. The van der Waals surface area contributed by atoms with Gasteiger partial charge in [-0.1, -0.05) is 23.9 Å². The number of nitrogens with zero attached hydrogens (tertiary/aromatic N) is 4. The van der Waals surface area contributed by atoms with Crippen LogP contribution in [0.1, 0.15) is 6.42 Å². The van der Waals surface area contributed by atoms with Gasteiger partial charge in [-0.3, -0.25) is 4.79 Å². The molecule has 0 spiro atoms. The summed E-state index contributed by atoms with van der Waals surface area (Å²) in [5, 5.41) is 9.19. The highest BCUT2D eigenvalue weighted by atomic mass is 32.2. The van der Waals surface area contributed by atoms with Crippen molar-refractivity contribution in [1.82, 2.24) is 9.97 Å². The van der Waals surface area contributed by atoms with Gasteiger partial charge in [-0.2, -0.15) is 5.26 Å². The SMILES string of the molecule is N#CCCN(C(=O)CSc1ncccn1)c1ccccc1F. The second-order valence-corrected chi connectivity index (χ2v) is 5.17. The molecule has 0 radical (unpaired) electrons. The molecule has 0 saturated carbocycles. The summed E-state index contributed by atoms with van der Waals surface area (Å²) in [6, 6.07) is 9.67. The van der Waals surface area contributed by atoms with E-state index < -0.39 is 5.82 Å². The van der Waals surface area contributed by atoms with Gasteiger partial charge in [0.15, 0.2) is 5.16 Å². The molecule has 0 atom stereocenters. The molecular weight excluding hydrogens is 303 g/mol. The average molecular weight is 316 g/mol. The number of thioether (sulfide) groups is 1. The number of amides is 1. The maximum absolute atomic E-state index is 13.9. The minimum absolute atomic E-state index is 0.0732. The topological polar surface area (TPSA) is 69.9 Å². The Bertz CT molecular complexity index is 675.